The van der Waals surface area contributed by atoms with Crippen molar-refractivity contribution in [1.82, 2.24) is 0 Å². The second-order valence-corrected chi connectivity index (χ2v) is 12.0. The van der Waals surface area contributed by atoms with Crippen LogP contribution in [0, 0.1) is 22.7 Å². The second-order valence-electron chi connectivity index (χ2n) is 12.0. The fourth-order valence-corrected chi connectivity index (χ4v) is 6.79. The summed E-state index contributed by atoms with van der Waals surface area (Å²) < 4.78 is 17.8. The monoisotopic (exact) mass is 506 g/mol. The topological polar surface area (TPSA) is 99.1 Å². The first-order valence-electron chi connectivity index (χ1n) is 13.1. The summed E-state index contributed by atoms with van der Waals surface area (Å²) in [6, 6.07) is 0. The first-order chi connectivity index (χ1) is 16.6. The van der Waals surface area contributed by atoms with Crippen LogP contribution in [0.4, 0.5) is 0 Å². The van der Waals surface area contributed by atoms with E-state index in [1.807, 2.05) is 27.7 Å². The third-order valence-electron chi connectivity index (χ3n) is 7.83. The number of hydrogen-bond acceptors (Lipinski definition) is 7. The molecule has 5 atom stereocenters. The molecule has 1 N–H and O–H groups in total. The van der Waals surface area contributed by atoms with Crippen molar-refractivity contribution in [1.29, 1.82) is 0 Å². The number of esters is 3. The molecular weight excluding hydrogens is 460 g/mol. The van der Waals surface area contributed by atoms with E-state index in [1.54, 1.807) is 6.08 Å². The van der Waals surface area contributed by atoms with Crippen molar-refractivity contribution >= 4 is 17.9 Å². The molecule has 7 nitrogen and oxygen atoms in total. The first kappa shape index (κ1) is 30.1. The van der Waals surface area contributed by atoms with Gasteiger partial charge in [0.2, 0.25) is 0 Å². The number of carbonyl (C=O) groups is 3. The number of fused-ring (bicyclic) bond motifs is 1. The maximum Gasteiger partial charge on any atom is 0.306 e. The Morgan fingerprint density at radius 2 is 1.64 bits per heavy atom. The molecule has 0 aromatic rings. The Bertz CT molecular complexity index is 897. The lowest BCUT2D eigenvalue weighted by Crippen LogP contribution is -2.61. The zero-order valence-corrected chi connectivity index (χ0v) is 23.6. The van der Waals surface area contributed by atoms with Crippen LogP contribution in [-0.4, -0.2) is 47.9 Å². The molecule has 0 heterocycles. The van der Waals surface area contributed by atoms with Gasteiger partial charge in [0.1, 0.15) is 12.2 Å². The predicted octanol–water partition coefficient (Wildman–Crippen LogP) is 5.30. The zero-order valence-electron chi connectivity index (χ0n) is 23.6. The second kappa shape index (κ2) is 11.9. The van der Waals surface area contributed by atoms with E-state index in [9.17, 15) is 19.5 Å². The lowest BCUT2D eigenvalue weighted by Gasteiger charge is -2.60. The smallest absolute Gasteiger partial charge is 0.306 e. The third kappa shape index (κ3) is 6.99. The molecule has 0 aromatic carbocycles. The lowest BCUT2D eigenvalue weighted by atomic mass is 9.47. The van der Waals surface area contributed by atoms with Gasteiger partial charge in [-0.15, -0.1) is 0 Å². The molecule has 1 saturated carbocycles. The number of hydrogen-bond donors (Lipinski definition) is 1. The van der Waals surface area contributed by atoms with E-state index in [0.717, 1.165) is 23.1 Å². The van der Waals surface area contributed by atoms with Gasteiger partial charge in [-0.05, 0) is 61.9 Å². The molecule has 5 unspecified atom stereocenters. The predicted molar refractivity (Wildman–Crippen MR) is 138 cm³/mol. The summed E-state index contributed by atoms with van der Waals surface area (Å²) in [6.07, 6.45) is 3.14. The van der Waals surface area contributed by atoms with Gasteiger partial charge in [-0.25, -0.2) is 0 Å². The molecule has 0 bridgehead atoms. The Kier molecular flexibility index (Phi) is 9.97. The van der Waals surface area contributed by atoms with Gasteiger partial charge in [-0.2, -0.15) is 0 Å². The third-order valence-corrected chi connectivity index (χ3v) is 7.83. The number of allylic oxidation sites excluding steroid dienone is 2. The summed E-state index contributed by atoms with van der Waals surface area (Å²) in [5, 5.41) is 9.33. The van der Waals surface area contributed by atoms with Gasteiger partial charge in [0, 0.05) is 26.2 Å². The quantitative estimate of drug-likeness (QED) is 0.257. The molecule has 0 radical (unpaired) electrons. The fraction of sp³-hybridized carbons (Fsp3) is 0.759. The number of rotatable bonds is 9. The Balaban J connectivity index is 2.68. The number of carbonyl (C=O) groups excluding carboxylic acids is 3. The number of ether oxygens (including phenoxy) is 3. The van der Waals surface area contributed by atoms with E-state index < -0.39 is 23.6 Å². The molecule has 204 valence electrons. The summed E-state index contributed by atoms with van der Waals surface area (Å²) in [5.41, 5.74) is 2.27. The highest BCUT2D eigenvalue weighted by molar-refractivity contribution is 5.70. The Morgan fingerprint density at radius 3 is 2.17 bits per heavy atom. The highest BCUT2D eigenvalue weighted by Gasteiger charge is 2.61. The van der Waals surface area contributed by atoms with Gasteiger partial charge < -0.3 is 19.3 Å². The van der Waals surface area contributed by atoms with E-state index in [2.05, 4.69) is 20.8 Å². The van der Waals surface area contributed by atoms with Gasteiger partial charge in [0.05, 0.1) is 6.61 Å². The van der Waals surface area contributed by atoms with E-state index in [1.165, 1.54) is 13.8 Å². The van der Waals surface area contributed by atoms with Crippen LogP contribution in [0.15, 0.2) is 22.8 Å². The van der Waals surface area contributed by atoms with Crippen LogP contribution in [0.3, 0.4) is 0 Å². The summed E-state index contributed by atoms with van der Waals surface area (Å²) in [5.74, 6) is -1.05. The maximum atomic E-state index is 12.9. The molecule has 2 rings (SSSR count). The SMILES string of the molecule is CC(=O)OC1CC(C)(C)C2C(OC(=O)CC(C)C)C(OC(C)=O)C(C)=C(CCC(C)=CCO)C2(C)C1. The number of aliphatic hydroxyl groups is 1. The van der Waals surface area contributed by atoms with Gasteiger partial charge in [0.15, 0.2) is 6.10 Å². The first-order valence-corrected chi connectivity index (χ1v) is 13.1. The van der Waals surface area contributed by atoms with Crippen LogP contribution < -0.4 is 0 Å². The molecule has 0 saturated heterocycles. The Morgan fingerprint density at radius 1 is 1.03 bits per heavy atom. The van der Waals surface area contributed by atoms with Crippen molar-refractivity contribution in [3.8, 4) is 0 Å². The average Bonchev–Trinajstić information content (AvgIpc) is 2.68. The Hall–Kier alpha value is -2.15. The largest absolute Gasteiger partial charge is 0.463 e. The van der Waals surface area contributed by atoms with E-state index >= 15 is 0 Å². The highest BCUT2D eigenvalue weighted by atomic mass is 16.6. The fourth-order valence-electron chi connectivity index (χ4n) is 6.79. The van der Waals surface area contributed by atoms with E-state index in [4.69, 9.17) is 14.2 Å². The van der Waals surface area contributed by atoms with Crippen molar-refractivity contribution in [2.24, 2.45) is 22.7 Å². The van der Waals surface area contributed by atoms with E-state index in [0.29, 0.717) is 19.3 Å². The maximum absolute atomic E-state index is 12.9. The van der Waals surface area contributed by atoms with Crippen molar-refractivity contribution < 1.29 is 33.7 Å². The number of aliphatic hydroxyl groups excluding tert-OH is 1. The van der Waals surface area contributed by atoms with Gasteiger partial charge in [-0.3, -0.25) is 14.4 Å². The summed E-state index contributed by atoms with van der Waals surface area (Å²) in [6.45, 7) is 17.1. The van der Waals surface area contributed by atoms with E-state index in [-0.39, 0.29) is 48.3 Å². The van der Waals surface area contributed by atoms with Crippen LogP contribution in [0.1, 0.15) is 94.4 Å². The molecular formula is C29H46O7. The minimum atomic E-state index is -0.682. The molecule has 0 aliphatic heterocycles. The van der Waals surface area contributed by atoms with Crippen LogP contribution in [0.5, 0.6) is 0 Å². The molecule has 7 heteroatoms. The highest BCUT2D eigenvalue weighted by Crippen LogP contribution is 2.62. The van der Waals surface area contributed by atoms with Crippen LogP contribution in [0.2, 0.25) is 0 Å². The van der Waals surface area contributed by atoms with Crippen LogP contribution in [0.25, 0.3) is 0 Å². The van der Waals surface area contributed by atoms with Gasteiger partial charge >= 0.3 is 17.9 Å². The molecule has 2 aliphatic rings. The summed E-state index contributed by atoms with van der Waals surface area (Å²) in [4.78, 5) is 37.1. The van der Waals surface area contributed by atoms with Crippen molar-refractivity contribution in [2.75, 3.05) is 6.61 Å². The zero-order chi connectivity index (χ0) is 27.4. The van der Waals surface area contributed by atoms with Gasteiger partial charge in [0.25, 0.3) is 0 Å². The normalized spacial score (nSPS) is 30.0. The molecule has 0 amide bonds. The molecule has 36 heavy (non-hydrogen) atoms. The van der Waals surface area contributed by atoms with Crippen molar-refractivity contribution in [3.05, 3.63) is 22.8 Å². The minimum absolute atomic E-state index is 0.0186. The standard InChI is InChI=1S/C29H46O7/c1-17(2)14-24(33)36-26-25(35-21(6)32)19(4)23(11-10-18(3)12-13-30)29(9)16-22(34-20(5)31)15-28(7,8)27(26)29/h12,17,22,25-27,30H,10-11,13-16H2,1-9H3. The summed E-state index contributed by atoms with van der Waals surface area (Å²) in [7, 11) is 0. The molecule has 2 aliphatic carbocycles. The lowest BCUT2D eigenvalue weighted by molar-refractivity contribution is -0.196. The van der Waals surface area contributed by atoms with Crippen LogP contribution in [-0.2, 0) is 28.6 Å². The summed E-state index contributed by atoms with van der Waals surface area (Å²) >= 11 is 0. The van der Waals surface area contributed by atoms with Crippen LogP contribution >= 0.6 is 0 Å². The van der Waals surface area contributed by atoms with Crippen molar-refractivity contribution in [2.45, 2.75) is 113 Å². The Labute approximate surface area is 216 Å². The average molecular weight is 507 g/mol. The molecule has 1 fully saturated rings. The van der Waals surface area contributed by atoms with Crippen molar-refractivity contribution in [3.63, 3.8) is 0 Å². The van der Waals surface area contributed by atoms with Gasteiger partial charge in [-0.1, -0.05) is 51.8 Å². The molecule has 0 aromatic heterocycles. The molecule has 0 spiro atoms. The minimum Gasteiger partial charge on any atom is -0.463 e.